The molecule has 104 valence electrons. The van der Waals surface area contributed by atoms with E-state index in [0.717, 1.165) is 25.9 Å². The fourth-order valence-corrected chi connectivity index (χ4v) is 2.94. The van der Waals surface area contributed by atoms with E-state index < -0.39 is 0 Å². The van der Waals surface area contributed by atoms with Crippen LogP contribution in [0.15, 0.2) is 42.9 Å². The molecule has 3 rings (SSSR count). The van der Waals surface area contributed by atoms with Crippen molar-refractivity contribution in [3.05, 3.63) is 54.1 Å². The molecule has 2 aromatic rings. The van der Waals surface area contributed by atoms with Crippen LogP contribution in [0.25, 0.3) is 0 Å². The summed E-state index contributed by atoms with van der Waals surface area (Å²) in [6.45, 7) is 3.79. The Bertz CT molecular complexity index is 591. The highest BCUT2D eigenvalue weighted by molar-refractivity contribution is 5.94. The van der Waals surface area contributed by atoms with Crippen molar-refractivity contribution in [3.8, 4) is 0 Å². The molecule has 0 spiro atoms. The van der Waals surface area contributed by atoms with E-state index in [9.17, 15) is 4.79 Å². The van der Waals surface area contributed by atoms with Crippen molar-refractivity contribution < 1.29 is 4.79 Å². The fraction of sp³-hybridized carbons (Fsp3) is 0.375. The van der Waals surface area contributed by atoms with Crippen LogP contribution >= 0.6 is 0 Å². The molecule has 4 heteroatoms. The Morgan fingerprint density at radius 1 is 1.35 bits per heavy atom. The maximum atomic E-state index is 12.7. The molecule has 1 aliphatic heterocycles. The quantitative estimate of drug-likeness (QED) is 0.859. The summed E-state index contributed by atoms with van der Waals surface area (Å²) >= 11 is 0. The van der Waals surface area contributed by atoms with Gasteiger partial charge in [-0.1, -0.05) is 13.3 Å². The first-order valence-corrected chi connectivity index (χ1v) is 7.17. The first-order chi connectivity index (χ1) is 9.81. The zero-order valence-corrected chi connectivity index (χ0v) is 11.7. The van der Waals surface area contributed by atoms with E-state index in [-0.39, 0.29) is 11.9 Å². The van der Waals surface area contributed by atoms with Gasteiger partial charge in [-0.3, -0.25) is 9.78 Å². The highest BCUT2D eigenvalue weighted by Gasteiger charge is 2.30. The normalized spacial score (nSPS) is 17.9. The van der Waals surface area contributed by atoms with Crippen molar-refractivity contribution in [1.82, 2.24) is 14.5 Å². The Labute approximate surface area is 119 Å². The van der Waals surface area contributed by atoms with Crippen LogP contribution in [-0.2, 0) is 6.54 Å². The highest BCUT2D eigenvalue weighted by atomic mass is 16.2. The molecule has 0 N–H and O–H groups in total. The van der Waals surface area contributed by atoms with Gasteiger partial charge < -0.3 is 9.47 Å². The highest BCUT2D eigenvalue weighted by Crippen LogP contribution is 2.31. The standard InChI is InChI=1S/C16H19N3O/c1-2-5-15-14-7-4-9-18(14)10-11-19(15)16(20)13-6-3-8-17-12-13/h3-4,6-9,12,15H,2,5,10-11H2,1H3/t15-/m1/s1. The number of nitrogens with zero attached hydrogens (tertiary/aromatic N) is 3. The van der Waals surface area contributed by atoms with Gasteiger partial charge in [0.05, 0.1) is 11.6 Å². The molecule has 0 saturated carbocycles. The van der Waals surface area contributed by atoms with Crippen molar-refractivity contribution >= 4 is 5.91 Å². The summed E-state index contributed by atoms with van der Waals surface area (Å²) in [4.78, 5) is 18.7. The van der Waals surface area contributed by atoms with Gasteiger partial charge in [0, 0.05) is 37.4 Å². The van der Waals surface area contributed by atoms with Gasteiger partial charge in [0.1, 0.15) is 0 Å². The average molecular weight is 269 g/mol. The van der Waals surface area contributed by atoms with E-state index in [0.29, 0.717) is 5.56 Å². The number of fused-ring (bicyclic) bond motifs is 1. The summed E-state index contributed by atoms with van der Waals surface area (Å²) in [6.07, 6.45) is 7.51. The minimum absolute atomic E-state index is 0.0870. The predicted octanol–water partition coefficient (Wildman–Crippen LogP) is 2.88. The molecule has 0 aliphatic carbocycles. The Morgan fingerprint density at radius 2 is 2.25 bits per heavy atom. The van der Waals surface area contributed by atoms with Gasteiger partial charge in [-0.2, -0.15) is 0 Å². The molecular formula is C16H19N3O. The van der Waals surface area contributed by atoms with Crippen LogP contribution in [0.5, 0.6) is 0 Å². The molecule has 1 atom stereocenters. The number of aromatic nitrogens is 2. The number of pyridine rings is 1. The predicted molar refractivity (Wildman–Crippen MR) is 77.4 cm³/mol. The second kappa shape index (κ2) is 5.49. The van der Waals surface area contributed by atoms with E-state index in [4.69, 9.17) is 0 Å². The zero-order valence-electron chi connectivity index (χ0n) is 11.7. The van der Waals surface area contributed by atoms with Gasteiger partial charge in [-0.05, 0) is 30.7 Å². The van der Waals surface area contributed by atoms with Crippen LogP contribution < -0.4 is 0 Å². The lowest BCUT2D eigenvalue weighted by atomic mass is 10.0. The van der Waals surface area contributed by atoms with Crippen molar-refractivity contribution in [3.63, 3.8) is 0 Å². The Kier molecular flexibility index (Phi) is 3.54. The van der Waals surface area contributed by atoms with Crippen LogP contribution in [0.3, 0.4) is 0 Å². The number of rotatable bonds is 3. The molecule has 0 fully saturated rings. The molecule has 0 radical (unpaired) electrons. The van der Waals surface area contributed by atoms with E-state index in [1.54, 1.807) is 12.4 Å². The molecule has 0 saturated heterocycles. The van der Waals surface area contributed by atoms with Crippen molar-refractivity contribution in [2.24, 2.45) is 0 Å². The van der Waals surface area contributed by atoms with Gasteiger partial charge in [0.2, 0.25) is 0 Å². The average Bonchev–Trinajstić information content (AvgIpc) is 2.97. The maximum Gasteiger partial charge on any atom is 0.256 e. The summed E-state index contributed by atoms with van der Waals surface area (Å²) in [6, 6.07) is 8.02. The van der Waals surface area contributed by atoms with E-state index in [1.807, 2.05) is 17.0 Å². The zero-order chi connectivity index (χ0) is 13.9. The smallest absolute Gasteiger partial charge is 0.256 e. The molecule has 20 heavy (non-hydrogen) atoms. The molecule has 1 amide bonds. The molecule has 0 aromatic carbocycles. The van der Waals surface area contributed by atoms with Crippen LogP contribution in [0.4, 0.5) is 0 Å². The molecule has 0 unspecified atom stereocenters. The second-order valence-corrected chi connectivity index (χ2v) is 5.17. The summed E-state index contributed by atoms with van der Waals surface area (Å²) in [5.41, 5.74) is 1.92. The summed E-state index contributed by atoms with van der Waals surface area (Å²) in [5.74, 6) is 0.0870. The van der Waals surface area contributed by atoms with Gasteiger partial charge in [0.15, 0.2) is 0 Å². The van der Waals surface area contributed by atoms with Crippen molar-refractivity contribution in [2.45, 2.75) is 32.4 Å². The number of hydrogen-bond acceptors (Lipinski definition) is 2. The Hall–Kier alpha value is -2.10. The fourth-order valence-electron chi connectivity index (χ4n) is 2.94. The lowest BCUT2D eigenvalue weighted by molar-refractivity contribution is 0.0610. The monoisotopic (exact) mass is 269 g/mol. The lowest BCUT2D eigenvalue weighted by Crippen LogP contribution is -2.41. The topological polar surface area (TPSA) is 38.1 Å². The van der Waals surface area contributed by atoms with Gasteiger partial charge in [-0.25, -0.2) is 0 Å². The molecule has 1 aliphatic rings. The molecule has 4 nitrogen and oxygen atoms in total. The van der Waals surface area contributed by atoms with Gasteiger partial charge >= 0.3 is 0 Å². The number of carbonyl (C=O) groups excluding carboxylic acids is 1. The van der Waals surface area contributed by atoms with E-state index in [2.05, 4.69) is 34.8 Å². The summed E-state index contributed by atoms with van der Waals surface area (Å²) < 4.78 is 2.26. The van der Waals surface area contributed by atoms with Crippen LogP contribution in [0.2, 0.25) is 0 Å². The van der Waals surface area contributed by atoms with Crippen LogP contribution in [0.1, 0.15) is 41.9 Å². The minimum Gasteiger partial charge on any atom is -0.348 e. The second-order valence-electron chi connectivity index (χ2n) is 5.17. The first kappa shape index (κ1) is 12.9. The third-order valence-corrected chi connectivity index (χ3v) is 3.90. The summed E-state index contributed by atoms with van der Waals surface area (Å²) in [5, 5.41) is 0. The van der Waals surface area contributed by atoms with Gasteiger partial charge in [0.25, 0.3) is 5.91 Å². The van der Waals surface area contributed by atoms with Crippen molar-refractivity contribution in [1.29, 1.82) is 0 Å². The first-order valence-electron chi connectivity index (χ1n) is 7.17. The third-order valence-electron chi connectivity index (χ3n) is 3.90. The van der Waals surface area contributed by atoms with Crippen molar-refractivity contribution in [2.75, 3.05) is 6.54 Å². The van der Waals surface area contributed by atoms with Crippen LogP contribution in [-0.4, -0.2) is 26.9 Å². The van der Waals surface area contributed by atoms with Gasteiger partial charge in [-0.15, -0.1) is 0 Å². The Morgan fingerprint density at radius 3 is 3.00 bits per heavy atom. The molecular weight excluding hydrogens is 250 g/mol. The summed E-state index contributed by atoms with van der Waals surface area (Å²) in [7, 11) is 0. The third kappa shape index (κ3) is 2.22. The molecule has 0 bridgehead atoms. The Balaban J connectivity index is 1.91. The molecule has 3 heterocycles. The number of hydrogen-bond donors (Lipinski definition) is 0. The number of carbonyl (C=O) groups is 1. The van der Waals surface area contributed by atoms with E-state index >= 15 is 0 Å². The SMILES string of the molecule is CCC[C@@H]1c2cccn2CCN1C(=O)c1cccnc1. The van der Waals surface area contributed by atoms with E-state index in [1.165, 1.54) is 5.69 Å². The number of amides is 1. The minimum atomic E-state index is 0.0870. The lowest BCUT2D eigenvalue weighted by Gasteiger charge is -2.37. The largest absolute Gasteiger partial charge is 0.348 e. The maximum absolute atomic E-state index is 12.7. The van der Waals surface area contributed by atoms with Crippen LogP contribution in [0, 0.1) is 0 Å². The molecule has 2 aromatic heterocycles.